The van der Waals surface area contributed by atoms with Gasteiger partial charge in [-0.25, -0.2) is 0 Å². The number of aryl methyl sites for hydroxylation is 1. The Hall–Kier alpha value is -3.86. The number of carbonyl (C=O) groups is 2. The lowest BCUT2D eigenvalue weighted by atomic mass is 10.0. The van der Waals surface area contributed by atoms with E-state index in [1.165, 1.54) is 19.2 Å². The molecule has 0 spiro atoms. The van der Waals surface area contributed by atoms with Crippen LogP contribution in [0.2, 0.25) is 5.02 Å². The fourth-order valence-electron chi connectivity index (χ4n) is 3.91. The molecular formula is C29H26ClF6N3O2. The van der Waals surface area contributed by atoms with Crippen molar-refractivity contribution in [3.63, 3.8) is 0 Å². The lowest BCUT2D eigenvalue weighted by molar-refractivity contribution is -0.143. The van der Waals surface area contributed by atoms with Crippen LogP contribution in [-0.2, 0) is 30.0 Å². The lowest BCUT2D eigenvalue weighted by Crippen LogP contribution is -2.38. The number of aromatic nitrogens is 1. The van der Waals surface area contributed by atoms with Crippen molar-refractivity contribution in [3.8, 4) is 0 Å². The maximum atomic E-state index is 13.4. The van der Waals surface area contributed by atoms with Gasteiger partial charge in [-0.1, -0.05) is 35.9 Å². The summed E-state index contributed by atoms with van der Waals surface area (Å²) >= 11 is 5.93. The molecule has 0 aliphatic heterocycles. The van der Waals surface area contributed by atoms with Crippen molar-refractivity contribution in [1.29, 1.82) is 0 Å². The molecule has 2 amide bonds. The highest BCUT2D eigenvalue weighted by Crippen LogP contribution is 2.36. The summed E-state index contributed by atoms with van der Waals surface area (Å²) in [6, 6.07) is 11.8. The van der Waals surface area contributed by atoms with Gasteiger partial charge in [0.25, 0.3) is 5.91 Å². The van der Waals surface area contributed by atoms with Gasteiger partial charge in [0.2, 0.25) is 5.91 Å². The van der Waals surface area contributed by atoms with Crippen molar-refractivity contribution in [3.05, 3.63) is 112 Å². The summed E-state index contributed by atoms with van der Waals surface area (Å²) in [6.45, 7) is 0.334. The molecule has 5 nitrogen and oxygen atoms in total. The summed E-state index contributed by atoms with van der Waals surface area (Å²) in [5.74, 6) is -1.56. The molecule has 3 rings (SSSR count). The minimum atomic E-state index is -5.11. The van der Waals surface area contributed by atoms with Crippen molar-refractivity contribution in [2.75, 3.05) is 13.6 Å². The molecule has 1 N–H and O–H groups in total. The van der Waals surface area contributed by atoms with E-state index in [0.717, 1.165) is 10.6 Å². The monoisotopic (exact) mass is 597 g/mol. The van der Waals surface area contributed by atoms with E-state index in [1.54, 1.807) is 36.5 Å². The quantitative estimate of drug-likeness (QED) is 0.160. The van der Waals surface area contributed by atoms with Gasteiger partial charge in [0.15, 0.2) is 0 Å². The number of amides is 2. The number of pyridine rings is 1. The number of nitrogens with one attached hydrogen (secondary N) is 1. The first-order valence-corrected chi connectivity index (χ1v) is 12.8. The van der Waals surface area contributed by atoms with Crippen LogP contribution >= 0.6 is 11.6 Å². The Kier molecular flexibility index (Phi) is 10.6. The van der Waals surface area contributed by atoms with E-state index < -0.39 is 46.9 Å². The zero-order valence-electron chi connectivity index (χ0n) is 21.8. The number of rotatable bonds is 10. The molecule has 3 aromatic rings. The average Bonchev–Trinajstić information content (AvgIpc) is 2.93. The predicted octanol–water partition coefficient (Wildman–Crippen LogP) is 6.76. The average molecular weight is 598 g/mol. The Morgan fingerprint density at radius 1 is 0.976 bits per heavy atom. The normalized spacial score (nSPS) is 12.8. The Morgan fingerprint density at radius 3 is 2.17 bits per heavy atom. The number of alkyl halides is 6. The molecule has 2 aromatic carbocycles. The highest BCUT2D eigenvalue weighted by Gasteiger charge is 2.38. The molecule has 1 unspecified atom stereocenters. The Bertz CT molecular complexity index is 1330. The smallest absolute Gasteiger partial charge is 0.353 e. The number of halogens is 7. The van der Waals surface area contributed by atoms with Crippen molar-refractivity contribution in [2.45, 2.75) is 37.7 Å². The van der Waals surface area contributed by atoms with E-state index in [2.05, 4.69) is 10.3 Å². The van der Waals surface area contributed by atoms with Crippen LogP contribution < -0.4 is 5.32 Å². The molecule has 1 aromatic heterocycles. The number of hydrogen-bond donors (Lipinski definition) is 1. The van der Waals surface area contributed by atoms with E-state index in [9.17, 15) is 35.9 Å². The molecule has 0 aliphatic carbocycles. The SMILES string of the molecule is CN(C(=O)c1cc(C(F)(F)F)cc(C(F)(F)F)c1)C(C=CC(=O)NCCCc1ccccn1)Cc1ccc(Cl)cc1. The van der Waals surface area contributed by atoms with Crippen molar-refractivity contribution < 1.29 is 35.9 Å². The summed E-state index contributed by atoms with van der Waals surface area (Å²) < 4.78 is 80.1. The van der Waals surface area contributed by atoms with Crippen LogP contribution in [0.5, 0.6) is 0 Å². The third-order valence-corrected chi connectivity index (χ3v) is 6.37. The number of carbonyl (C=O) groups excluding carboxylic acids is 2. The molecule has 0 aliphatic rings. The van der Waals surface area contributed by atoms with E-state index >= 15 is 0 Å². The van der Waals surface area contributed by atoms with Gasteiger partial charge < -0.3 is 10.2 Å². The second-order valence-electron chi connectivity index (χ2n) is 9.18. The largest absolute Gasteiger partial charge is 0.416 e. The number of hydrogen-bond acceptors (Lipinski definition) is 3. The minimum absolute atomic E-state index is 0.0416. The first-order valence-electron chi connectivity index (χ1n) is 12.4. The Balaban J connectivity index is 1.80. The van der Waals surface area contributed by atoms with E-state index in [4.69, 9.17) is 11.6 Å². The van der Waals surface area contributed by atoms with E-state index in [-0.39, 0.29) is 12.5 Å². The first kappa shape index (κ1) is 31.7. The fourth-order valence-corrected chi connectivity index (χ4v) is 4.04. The number of likely N-dealkylation sites (N-methyl/N-ethyl adjacent to an activating group) is 1. The highest BCUT2D eigenvalue weighted by molar-refractivity contribution is 6.30. The number of nitrogens with zero attached hydrogens (tertiary/aromatic N) is 2. The molecule has 12 heteroatoms. The minimum Gasteiger partial charge on any atom is -0.353 e. The van der Waals surface area contributed by atoms with Crippen LogP contribution in [0.15, 0.2) is 79.0 Å². The van der Waals surface area contributed by atoms with Crippen LogP contribution in [0.4, 0.5) is 26.3 Å². The number of benzene rings is 2. The second-order valence-corrected chi connectivity index (χ2v) is 9.62. The maximum absolute atomic E-state index is 13.4. The predicted molar refractivity (Wildman–Crippen MR) is 142 cm³/mol. The molecule has 41 heavy (non-hydrogen) atoms. The summed E-state index contributed by atoms with van der Waals surface area (Å²) in [6.07, 6.45) is -4.64. The highest BCUT2D eigenvalue weighted by atomic mass is 35.5. The van der Waals surface area contributed by atoms with Crippen LogP contribution in [0.1, 0.15) is 39.2 Å². The second kappa shape index (κ2) is 13.7. The molecule has 218 valence electrons. The van der Waals surface area contributed by atoms with E-state index in [0.29, 0.717) is 42.1 Å². The molecule has 0 saturated heterocycles. The lowest BCUT2D eigenvalue weighted by Gasteiger charge is -2.27. The molecule has 1 heterocycles. The summed E-state index contributed by atoms with van der Waals surface area (Å²) in [5.41, 5.74) is -2.45. The Labute approximate surface area is 237 Å². The van der Waals surface area contributed by atoms with Crippen molar-refractivity contribution in [2.24, 2.45) is 0 Å². The van der Waals surface area contributed by atoms with Crippen LogP contribution in [0.25, 0.3) is 0 Å². The molecule has 0 fully saturated rings. The third kappa shape index (κ3) is 9.63. The van der Waals surface area contributed by atoms with Gasteiger partial charge in [0, 0.05) is 42.1 Å². The van der Waals surface area contributed by atoms with Gasteiger partial charge in [-0.2, -0.15) is 26.3 Å². The van der Waals surface area contributed by atoms with Crippen LogP contribution in [-0.4, -0.2) is 41.3 Å². The van der Waals surface area contributed by atoms with Gasteiger partial charge in [-0.3, -0.25) is 14.6 Å². The van der Waals surface area contributed by atoms with Gasteiger partial charge >= 0.3 is 12.4 Å². The van der Waals surface area contributed by atoms with Crippen LogP contribution in [0, 0.1) is 0 Å². The van der Waals surface area contributed by atoms with Gasteiger partial charge in [0.1, 0.15) is 0 Å². The first-order chi connectivity index (χ1) is 19.2. The van der Waals surface area contributed by atoms with Gasteiger partial charge in [-0.05, 0) is 67.3 Å². The molecule has 0 bridgehead atoms. The summed E-state index contributed by atoms with van der Waals surface area (Å²) in [5, 5.41) is 3.15. The molecular weight excluding hydrogens is 572 g/mol. The van der Waals surface area contributed by atoms with Crippen LogP contribution in [0.3, 0.4) is 0 Å². The topological polar surface area (TPSA) is 62.3 Å². The zero-order chi connectivity index (χ0) is 30.2. The van der Waals surface area contributed by atoms with Gasteiger partial charge in [0.05, 0.1) is 17.2 Å². The maximum Gasteiger partial charge on any atom is 0.416 e. The Morgan fingerprint density at radius 2 is 1.61 bits per heavy atom. The zero-order valence-corrected chi connectivity index (χ0v) is 22.5. The standard InChI is InChI=1S/C29H26ClF6N3O2/c1-39(27(41)20-16-21(28(31,32)33)18-22(17-20)29(34,35)36)25(15-19-7-9-23(30)10-8-19)11-12-26(40)38-14-4-6-24-5-2-3-13-37-24/h2-3,5,7-13,16-18,25H,4,6,14-15H2,1H3,(H,38,40). The van der Waals surface area contributed by atoms with Crippen molar-refractivity contribution >= 4 is 23.4 Å². The fraction of sp³-hybridized carbons (Fsp3) is 0.276. The third-order valence-electron chi connectivity index (χ3n) is 6.12. The van der Waals surface area contributed by atoms with Gasteiger partial charge in [-0.15, -0.1) is 0 Å². The molecule has 0 radical (unpaired) electrons. The van der Waals surface area contributed by atoms with Crippen molar-refractivity contribution in [1.82, 2.24) is 15.2 Å². The summed E-state index contributed by atoms with van der Waals surface area (Å²) in [7, 11) is 1.24. The van der Waals surface area contributed by atoms with E-state index in [1.807, 2.05) is 12.1 Å². The molecule has 1 atom stereocenters. The molecule has 0 saturated carbocycles. The summed E-state index contributed by atoms with van der Waals surface area (Å²) in [4.78, 5) is 30.8.